The van der Waals surface area contributed by atoms with Gasteiger partial charge in [-0.2, -0.15) is 5.10 Å². The van der Waals surface area contributed by atoms with Gasteiger partial charge in [0.25, 0.3) is 5.91 Å². The first kappa shape index (κ1) is 24.4. The summed E-state index contributed by atoms with van der Waals surface area (Å²) in [6, 6.07) is 0.188. The summed E-state index contributed by atoms with van der Waals surface area (Å²) < 4.78 is 46.9. The SMILES string of the molecule is C=CC(=O)N1C[C@@H](n2nc(C#Cc3c(F)cc4c(ncn4C4CC4)c3F)c(C(N)=O)c2NC)C[C@@H]1CF. The minimum absolute atomic E-state index is 0.00404. The summed E-state index contributed by atoms with van der Waals surface area (Å²) in [5, 5.41) is 7.23. The molecule has 0 unspecified atom stereocenters. The van der Waals surface area contributed by atoms with Crippen molar-refractivity contribution in [2.45, 2.75) is 37.4 Å². The molecule has 3 N–H and O–H groups in total. The highest BCUT2D eigenvalue weighted by Crippen LogP contribution is 2.38. The van der Waals surface area contributed by atoms with Crippen LogP contribution in [0.2, 0.25) is 0 Å². The number of rotatable bonds is 6. The van der Waals surface area contributed by atoms with Crippen molar-refractivity contribution in [3.05, 3.63) is 53.5 Å². The molecule has 1 saturated carbocycles. The van der Waals surface area contributed by atoms with E-state index in [2.05, 4.69) is 33.8 Å². The Balaban J connectivity index is 1.56. The molecule has 2 amide bonds. The molecule has 9 nitrogen and oxygen atoms in total. The number of amides is 2. The highest BCUT2D eigenvalue weighted by Gasteiger charge is 2.38. The number of alkyl halides is 1. The van der Waals surface area contributed by atoms with Crippen LogP contribution in [-0.4, -0.2) is 62.4 Å². The van der Waals surface area contributed by atoms with Crippen LogP contribution in [0.3, 0.4) is 0 Å². The number of nitrogens with one attached hydrogen (secondary N) is 1. The number of aromatic nitrogens is 4. The van der Waals surface area contributed by atoms with E-state index in [1.54, 1.807) is 4.57 Å². The van der Waals surface area contributed by atoms with Gasteiger partial charge in [0.15, 0.2) is 11.5 Å². The molecule has 37 heavy (non-hydrogen) atoms. The second kappa shape index (κ2) is 9.31. The molecule has 3 heterocycles. The summed E-state index contributed by atoms with van der Waals surface area (Å²) in [5.41, 5.74) is 5.25. The topological polar surface area (TPSA) is 111 Å². The first-order valence-electron chi connectivity index (χ1n) is 11.7. The lowest BCUT2D eigenvalue weighted by Crippen LogP contribution is -2.35. The predicted octanol–water partition coefficient (Wildman–Crippen LogP) is 2.68. The maximum atomic E-state index is 15.2. The van der Waals surface area contributed by atoms with Gasteiger partial charge in [-0.25, -0.2) is 22.8 Å². The Kier molecular flexibility index (Phi) is 6.15. The first-order valence-corrected chi connectivity index (χ1v) is 11.7. The van der Waals surface area contributed by atoms with Gasteiger partial charge in [-0.15, -0.1) is 0 Å². The van der Waals surface area contributed by atoms with Crippen molar-refractivity contribution in [3.8, 4) is 11.8 Å². The van der Waals surface area contributed by atoms with Crippen molar-refractivity contribution < 1.29 is 22.8 Å². The number of hydrogen-bond donors (Lipinski definition) is 2. The number of primary amides is 1. The fraction of sp³-hybridized carbons (Fsp3) is 0.360. The van der Waals surface area contributed by atoms with Crippen LogP contribution in [0.1, 0.15) is 53.0 Å². The number of benzene rings is 1. The molecule has 2 fully saturated rings. The molecule has 1 saturated heterocycles. The average Bonchev–Trinajstić information content (AvgIpc) is 3.32. The van der Waals surface area contributed by atoms with Gasteiger partial charge >= 0.3 is 0 Å². The largest absolute Gasteiger partial charge is 0.373 e. The number of carbonyl (C=O) groups excluding carboxylic acids is 2. The van der Waals surface area contributed by atoms with Gasteiger partial charge in [0, 0.05) is 25.7 Å². The number of hydrogen-bond acceptors (Lipinski definition) is 5. The van der Waals surface area contributed by atoms with E-state index in [1.807, 2.05) is 0 Å². The van der Waals surface area contributed by atoms with E-state index in [9.17, 15) is 18.4 Å². The van der Waals surface area contributed by atoms with Crippen LogP contribution in [0.5, 0.6) is 0 Å². The Hall–Kier alpha value is -4.27. The highest BCUT2D eigenvalue weighted by molar-refractivity contribution is 6.00. The molecule has 0 radical (unpaired) electrons. The van der Waals surface area contributed by atoms with Crippen LogP contribution in [-0.2, 0) is 4.79 Å². The molecule has 1 aromatic carbocycles. The van der Waals surface area contributed by atoms with E-state index < -0.39 is 47.8 Å². The lowest BCUT2D eigenvalue weighted by molar-refractivity contribution is -0.127. The van der Waals surface area contributed by atoms with Crippen molar-refractivity contribution >= 4 is 28.7 Å². The number of halogens is 3. The molecule has 3 aromatic rings. The zero-order valence-electron chi connectivity index (χ0n) is 20.0. The van der Waals surface area contributed by atoms with E-state index in [4.69, 9.17) is 5.73 Å². The van der Waals surface area contributed by atoms with Crippen LogP contribution < -0.4 is 11.1 Å². The third-order valence-electron chi connectivity index (χ3n) is 6.78. The quantitative estimate of drug-likeness (QED) is 0.391. The Bertz CT molecular complexity index is 1500. The third-order valence-corrected chi connectivity index (χ3v) is 6.78. The van der Waals surface area contributed by atoms with Crippen molar-refractivity contribution in [1.29, 1.82) is 0 Å². The molecule has 0 bridgehead atoms. The maximum absolute atomic E-state index is 15.2. The fourth-order valence-electron chi connectivity index (χ4n) is 4.84. The van der Waals surface area contributed by atoms with Crippen molar-refractivity contribution in [2.75, 3.05) is 25.6 Å². The van der Waals surface area contributed by atoms with Crippen LogP contribution in [0.4, 0.5) is 19.0 Å². The van der Waals surface area contributed by atoms with E-state index in [1.165, 1.54) is 29.0 Å². The maximum Gasteiger partial charge on any atom is 0.255 e. The predicted molar refractivity (Wildman–Crippen MR) is 130 cm³/mol. The molecular weight excluding hydrogens is 487 g/mol. The molecule has 1 aliphatic heterocycles. The number of carbonyl (C=O) groups is 2. The Labute approximate surface area is 210 Å². The Morgan fingerprint density at radius 1 is 1.30 bits per heavy atom. The summed E-state index contributed by atoms with van der Waals surface area (Å²) >= 11 is 0. The smallest absolute Gasteiger partial charge is 0.255 e. The molecule has 2 atom stereocenters. The Morgan fingerprint density at radius 2 is 2.05 bits per heavy atom. The minimum atomic E-state index is -0.907. The van der Waals surface area contributed by atoms with Crippen LogP contribution in [0, 0.1) is 23.5 Å². The molecule has 2 aliphatic rings. The summed E-state index contributed by atoms with van der Waals surface area (Å²) in [4.78, 5) is 29.9. The molecule has 2 aromatic heterocycles. The molecule has 5 rings (SSSR count). The fourth-order valence-corrected chi connectivity index (χ4v) is 4.84. The van der Waals surface area contributed by atoms with Crippen LogP contribution in [0.25, 0.3) is 11.0 Å². The van der Waals surface area contributed by atoms with E-state index in [0.29, 0.717) is 5.52 Å². The van der Waals surface area contributed by atoms with E-state index >= 15 is 4.39 Å². The Morgan fingerprint density at radius 3 is 2.68 bits per heavy atom. The van der Waals surface area contributed by atoms with Gasteiger partial charge in [0.1, 0.15) is 29.4 Å². The van der Waals surface area contributed by atoms with Crippen LogP contribution >= 0.6 is 0 Å². The zero-order chi connectivity index (χ0) is 26.4. The molecule has 0 spiro atoms. The van der Waals surface area contributed by atoms with Crippen molar-refractivity contribution in [3.63, 3.8) is 0 Å². The number of fused-ring (bicyclic) bond motifs is 1. The van der Waals surface area contributed by atoms with E-state index in [0.717, 1.165) is 18.9 Å². The second-order valence-corrected chi connectivity index (χ2v) is 9.07. The van der Waals surface area contributed by atoms with Crippen LogP contribution in [0.15, 0.2) is 25.0 Å². The summed E-state index contributed by atoms with van der Waals surface area (Å²) in [7, 11) is 1.54. The minimum Gasteiger partial charge on any atom is -0.373 e. The van der Waals surface area contributed by atoms with E-state index in [-0.39, 0.29) is 41.6 Å². The summed E-state index contributed by atoms with van der Waals surface area (Å²) in [6.07, 6.45) is 4.67. The number of nitrogens with two attached hydrogens (primary N) is 1. The molecule has 12 heteroatoms. The molecular formula is C25H24F3N7O2. The van der Waals surface area contributed by atoms with Gasteiger partial charge in [0.05, 0.1) is 29.5 Å². The van der Waals surface area contributed by atoms with Gasteiger partial charge in [0.2, 0.25) is 5.91 Å². The normalized spacial score (nSPS) is 19.1. The van der Waals surface area contributed by atoms with Gasteiger partial charge in [-0.3, -0.25) is 9.59 Å². The van der Waals surface area contributed by atoms with Crippen molar-refractivity contribution in [1.82, 2.24) is 24.2 Å². The highest BCUT2D eigenvalue weighted by atomic mass is 19.1. The van der Waals surface area contributed by atoms with Gasteiger partial charge < -0.3 is 20.5 Å². The lowest BCUT2D eigenvalue weighted by Gasteiger charge is -2.20. The number of nitrogens with zero attached hydrogens (tertiary/aromatic N) is 5. The van der Waals surface area contributed by atoms with Gasteiger partial charge in [-0.05, 0) is 31.3 Å². The molecule has 1 aliphatic carbocycles. The molecule has 192 valence electrons. The first-order chi connectivity index (χ1) is 17.8. The summed E-state index contributed by atoms with van der Waals surface area (Å²) in [5.74, 6) is 2.17. The second-order valence-electron chi connectivity index (χ2n) is 9.07. The van der Waals surface area contributed by atoms with Gasteiger partial charge in [-0.1, -0.05) is 12.5 Å². The third kappa shape index (κ3) is 4.10. The number of anilines is 1. The standard InChI is InChI=1S/C25H24F3N7O2/c1-3-20(36)33-11-15(8-14(33)10-26)35-25(30-2)21(24(29)37)18(32-35)7-6-16-17(27)9-19-23(22(16)28)31-12-34(19)13-4-5-13/h3,9,12-15,30H,1,4-5,8,10-11H2,2H3,(H2,29,37)/t14-,15+/m1/s1. The van der Waals surface area contributed by atoms with Crippen molar-refractivity contribution in [2.24, 2.45) is 5.73 Å². The monoisotopic (exact) mass is 511 g/mol. The summed E-state index contributed by atoms with van der Waals surface area (Å²) in [6.45, 7) is 2.80. The lowest BCUT2D eigenvalue weighted by atomic mass is 10.1. The number of imidazole rings is 1. The zero-order valence-corrected chi connectivity index (χ0v) is 20.0. The average molecular weight is 512 g/mol. The number of likely N-dealkylation sites (tertiary alicyclic amines) is 1.